The zero-order valence-corrected chi connectivity index (χ0v) is 13.7. The monoisotopic (exact) mass is 328 g/mol. The van der Waals surface area contributed by atoms with Crippen LogP contribution >= 0.6 is 11.6 Å². The lowest BCUT2D eigenvalue weighted by Gasteiger charge is -2.18. The fourth-order valence-electron chi connectivity index (χ4n) is 2.80. The number of aryl methyl sites for hydroxylation is 2. The molecule has 1 heterocycles. The van der Waals surface area contributed by atoms with Crippen LogP contribution in [0.4, 0.5) is 11.4 Å². The Morgan fingerprint density at radius 3 is 2.43 bits per heavy atom. The van der Waals surface area contributed by atoms with Crippen molar-refractivity contribution in [3.8, 4) is 0 Å². The second-order valence-corrected chi connectivity index (χ2v) is 6.20. The van der Waals surface area contributed by atoms with Crippen molar-refractivity contribution in [2.45, 2.75) is 26.3 Å². The first-order chi connectivity index (χ1) is 11.0. The van der Waals surface area contributed by atoms with E-state index in [9.17, 15) is 9.59 Å². The molecular weight excluding hydrogens is 312 g/mol. The molecule has 0 aromatic heterocycles. The molecule has 0 spiro atoms. The van der Waals surface area contributed by atoms with Crippen LogP contribution in [0.25, 0.3) is 0 Å². The molecule has 118 valence electrons. The first kappa shape index (κ1) is 15.6. The molecule has 2 aromatic rings. The molecule has 23 heavy (non-hydrogen) atoms. The van der Waals surface area contributed by atoms with Crippen LogP contribution in [-0.4, -0.2) is 17.9 Å². The number of amides is 2. The van der Waals surface area contributed by atoms with E-state index in [4.69, 9.17) is 11.6 Å². The molecule has 2 amide bonds. The molecular formula is C18H17ClN2O2. The van der Waals surface area contributed by atoms with Crippen molar-refractivity contribution in [2.24, 2.45) is 0 Å². The van der Waals surface area contributed by atoms with Crippen molar-refractivity contribution in [3.05, 3.63) is 58.6 Å². The molecule has 1 saturated heterocycles. The number of carbonyl (C=O) groups excluding carboxylic acids is 2. The number of hydrogen-bond acceptors (Lipinski definition) is 3. The Bertz CT molecular complexity index is 771. The summed E-state index contributed by atoms with van der Waals surface area (Å²) < 4.78 is 0. The van der Waals surface area contributed by atoms with Gasteiger partial charge in [0.2, 0.25) is 5.91 Å². The van der Waals surface area contributed by atoms with Gasteiger partial charge in [0.25, 0.3) is 5.91 Å². The van der Waals surface area contributed by atoms with Gasteiger partial charge in [-0.15, -0.1) is 0 Å². The minimum atomic E-state index is -0.552. The maximum Gasteiger partial charge on any atom is 0.256 e. The van der Waals surface area contributed by atoms with Crippen molar-refractivity contribution in [3.63, 3.8) is 0 Å². The first-order valence-corrected chi connectivity index (χ1v) is 7.79. The predicted octanol–water partition coefficient (Wildman–Crippen LogP) is 3.70. The van der Waals surface area contributed by atoms with E-state index in [0.717, 1.165) is 16.8 Å². The Morgan fingerprint density at radius 2 is 1.78 bits per heavy atom. The summed E-state index contributed by atoms with van der Waals surface area (Å²) in [5, 5.41) is 3.73. The Hall–Kier alpha value is -2.33. The second-order valence-electron chi connectivity index (χ2n) is 5.77. The maximum absolute atomic E-state index is 12.6. The number of hydrogen-bond donors (Lipinski definition) is 1. The van der Waals surface area contributed by atoms with E-state index in [1.165, 1.54) is 4.90 Å². The van der Waals surface area contributed by atoms with Crippen LogP contribution in [0.2, 0.25) is 5.02 Å². The van der Waals surface area contributed by atoms with Crippen molar-refractivity contribution >= 4 is 34.8 Å². The number of halogens is 1. The molecule has 0 radical (unpaired) electrons. The fourth-order valence-corrected chi connectivity index (χ4v) is 2.93. The molecule has 3 rings (SSSR count). The summed E-state index contributed by atoms with van der Waals surface area (Å²) in [6, 6.07) is 12.2. The van der Waals surface area contributed by atoms with Gasteiger partial charge < -0.3 is 5.32 Å². The van der Waals surface area contributed by atoms with Crippen LogP contribution in [-0.2, 0) is 9.59 Å². The maximum atomic E-state index is 12.6. The fraction of sp³-hybridized carbons (Fsp3) is 0.222. The first-order valence-electron chi connectivity index (χ1n) is 7.42. The number of imide groups is 1. The molecule has 1 aliphatic heterocycles. The SMILES string of the molecule is Cc1ccc(N2C(=O)CC(Nc3ccc(Cl)cc3)C2=O)c(C)c1. The van der Waals surface area contributed by atoms with Gasteiger partial charge >= 0.3 is 0 Å². The summed E-state index contributed by atoms with van der Waals surface area (Å²) in [4.78, 5) is 26.2. The van der Waals surface area contributed by atoms with E-state index in [1.54, 1.807) is 24.3 Å². The number of nitrogens with one attached hydrogen (secondary N) is 1. The van der Waals surface area contributed by atoms with Crippen molar-refractivity contribution < 1.29 is 9.59 Å². The quantitative estimate of drug-likeness (QED) is 0.874. The van der Waals surface area contributed by atoms with Gasteiger partial charge in [0, 0.05) is 10.7 Å². The van der Waals surface area contributed by atoms with Gasteiger partial charge in [-0.05, 0) is 49.7 Å². The molecule has 0 aliphatic carbocycles. The molecule has 2 aromatic carbocycles. The minimum absolute atomic E-state index is 0.148. The van der Waals surface area contributed by atoms with E-state index >= 15 is 0 Å². The average Bonchev–Trinajstić information content (AvgIpc) is 2.77. The number of carbonyl (C=O) groups is 2. The molecule has 1 aliphatic rings. The highest BCUT2D eigenvalue weighted by atomic mass is 35.5. The van der Waals surface area contributed by atoms with Crippen LogP contribution in [0.5, 0.6) is 0 Å². The third-order valence-corrected chi connectivity index (χ3v) is 4.18. The second kappa shape index (κ2) is 6.05. The van der Waals surface area contributed by atoms with Gasteiger partial charge in [-0.3, -0.25) is 9.59 Å². The Morgan fingerprint density at radius 1 is 1.09 bits per heavy atom. The molecule has 1 fully saturated rings. The van der Waals surface area contributed by atoms with Crippen LogP contribution in [0.15, 0.2) is 42.5 Å². The van der Waals surface area contributed by atoms with E-state index in [2.05, 4.69) is 5.32 Å². The van der Waals surface area contributed by atoms with Crippen LogP contribution in [0.1, 0.15) is 17.5 Å². The Kier molecular flexibility index (Phi) is 4.09. The Balaban J connectivity index is 1.83. The van der Waals surface area contributed by atoms with Crippen molar-refractivity contribution in [2.75, 3.05) is 10.2 Å². The summed E-state index contributed by atoms with van der Waals surface area (Å²) >= 11 is 5.86. The van der Waals surface area contributed by atoms with Crippen LogP contribution < -0.4 is 10.2 Å². The van der Waals surface area contributed by atoms with E-state index in [-0.39, 0.29) is 18.2 Å². The lowest BCUT2D eigenvalue weighted by molar-refractivity contribution is -0.121. The molecule has 4 nitrogen and oxygen atoms in total. The van der Waals surface area contributed by atoms with Crippen LogP contribution in [0.3, 0.4) is 0 Å². The van der Waals surface area contributed by atoms with E-state index in [0.29, 0.717) is 10.7 Å². The summed E-state index contributed by atoms with van der Waals surface area (Å²) in [5.41, 5.74) is 3.44. The summed E-state index contributed by atoms with van der Waals surface area (Å²) in [5.74, 6) is -0.412. The number of nitrogens with zero attached hydrogens (tertiary/aromatic N) is 1. The Labute approximate surface area is 140 Å². The van der Waals surface area contributed by atoms with Gasteiger partial charge in [0.1, 0.15) is 6.04 Å². The van der Waals surface area contributed by atoms with Crippen molar-refractivity contribution in [1.29, 1.82) is 0 Å². The molecule has 0 saturated carbocycles. The highest BCUT2D eigenvalue weighted by molar-refractivity contribution is 6.30. The largest absolute Gasteiger partial charge is 0.373 e. The molecule has 0 bridgehead atoms. The highest BCUT2D eigenvalue weighted by Crippen LogP contribution is 2.28. The van der Waals surface area contributed by atoms with E-state index in [1.807, 2.05) is 32.0 Å². The van der Waals surface area contributed by atoms with Crippen LogP contribution in [0, 0.1) is 13.8 Å². The smallest absolute Gasteiger partial charge is 0.256 e. The zero-order valence-electron chi connectivity index (χ0n) is 13.0. The molecule has 1 N–H and O–H groups in total. The summed E-state index contributed by atoms with van der Waals surface area (Å²) in [6.45, 7) is 3.89. The predicted molar refractivity (Wildman–Crippen MR) is 91.9 cm³/mol. The normalized spacial score (nSPS) is 17.7. The van der Waals surface area contributed by atoms with Gasteiger partial charge in [-0.1, -0.05) is 29.3 Å². The van der Waals surface area contributed by atoms with Gasteiger partial charge in [0.15, 0.2) is 0 Å². The van der Waals surface area contributed by atoms with Gasteiger partial charge in [-0.2, -0.15) is 0 Å². The third kappa shape index (κ3) is 3.08. The number of anilines is 2. The summed E-state index contributed by atoms with van der Waals surface area (Å²) in [7, 11) is 0. The number of rotatable bonds is 3. The minimum Gasteiger partial charge on any atom is -0.373 e. The highest BCUT2D eigenvalue weighted by Gasteiger charge is 2.40. The lowest BCUT2D eigenvalue weighted by atomic mass is 10.1. The lowest BCUT2D eigenvalue weighted by Crippen LogP contribution is -2.35. The standard InChI is InChI=1S/C18H17ClN2O2/c1-11-3-8-16(12(2)9-11)21-17(22)10-15(18(21)23)20-14-6-4-13(19)5-7-14/h3-9,15,20H,10H2,1-2H3. The molecule has 1 atom stereocenters. The third-order valence-electron chi connectivity index (χ3n) is 3.92. The average molecular weight is 329 g/mol. The number of benzene rings is 2. The van der Waals surface area contributed by atoms with Gasteiger partial charge in [-0.25, -0.2) is 4.90 Å². The van der Waals surface area contributed by atoms with E-state index < -0.39 is 6.04 Å². The molecule has 1 unspecified atom stereocenters. The summed E-state index contributed by atoms with van der Waals surface area (Å²) in [6.07, 6.45) is 0.148. The van der Waals surface area contributed by atoms with Gasteiger partial charge in [0.05, 0.1) is 12.1 Å². The molecule has 5 heteroatoms. The van der Waals surface area contributed by atoms with Crippen molar-refractivity contribution in [1.82, 2.24) is 0 Å². The topological polar surface area (TPSA) is 49.4 Å². The zero-order chi connectivity index (χ0) is 16.6.